The molecule has 0 aliphatic heterocycles. The van der Waals surface area contributed by atoms with Gasteiger partial charge in [-0.05, 0) is 5.56 Å². The number of rotatable bonds is 8. The van der Waals surface area contributed by atoms with Crippen LogP contribution in [0.3, 0.4) is 0 Å². The van der Waals surface area contributed by atoms with Crippen LogP contribution in [0.2, 0.25) is 0 Å². The normalized spacial score (nSPS) is 10.0. The van der Waals surface area contributed by atoms with Gasteiger partial charge in [0.05, 0.1) is 0 Å². The van der Waals surface area contributed by atoms with Gasteiger partial charge in [-0.1, -0.05) is 30.3 Å². The summed E-state index contributed by atoms with van der Waals surface area (Å²) in [5.41, 5.74) is 0.882. The molecule has 98 valence electrons. The molecule has 18 heavy (non-hydrogen) atoms. The Labute approximate surface area is 104 Å². The first-order chi connectivity index (χ1) is 8.68. The van der Waals surface area contributed by atoms with Crippen LogP contribution in [0.4, 0.5) is 0 Å². The van der Waals surface area contributed by atoms with Crippen LogP contribution in [0, 0.1) is 0 Å². The molecule has 0 heterocycles. The van der Waals surface area contributed by atoms with Crippen molar-refractivity contribution >= 4 is 11.9 Å². The van der Waals surface area contributed by atoms with E-state index in [1.54, 1.807) is 0 Å². The fourth-order valence-corrected chi connectivity index (χ4v) is 1.09. The third-order valence-corrected chi connectivity index (χ3v) is 1.85. The molecule has 0 spiro atoms. The molecule has 0 fully saturated rings. The van der Waals surface area contributed by atoms with Gasteiger partial charge < -0.3 is 19.3 Å². The summed E-state index contributed by atoms with van der Waals surface area (Å²) in [5.74, 6) is -1.62. The number of aliphatic carboxylic acids is 1. The molecule has 6 heteroatoms. The average Bonchev–Trinajstić information content (AvgIpc) is 2.37. The predicted molar refractivity (Wildman–Crippen MR) is 60.6 cm³/mol. The molecule has 6 nitrogen and oxygen atoms in total. The van der Waals surface area contributed by atoms with Gasteiger partial charge in [0.15, 0.2) is 0 Å². The molecule has 1 rings (SSSR count). The zero-order chi connectivity index (χ0) is 13.2. The molecule has 0 bridgehead atoms. The third kappa shape index (κ3) is 6.62. The maximum absolute atomic E-state index is 11.2. The van der Waals surface area contributed by atoms with Gasteiger partial charge in [-0.3, -0.25) is 0 Å². The van der Waals surface area contributed by atoms with E-state index in [0.717, 1.165) is 5.56 Å². The zero-order valence-electron chi connectivity index (χ0n) is 9.70. The summed E-state index contributed by atoms with van der Waals surface area (Å²) in [4.78, 5) is 21.3. The second kappa shape index (κ2) is 8.21. The lowest BCUT2D eigenvalue weighted by Gasteiger charge is -2.05. The number of carboxylic acid groups (broad SMARTS) is 1. The van der Waals surface area contributed by atoms with Crippen molar-refractivity contribution in [3.8, 4) is 0 Å². The Bertz CT molecular complexity index is 375. The van der Waals surface area contributed by atoms with E-state index in [4.69, 9.17) is 14.6 Å². The van der Waals surface area contributed by atoms with Crippen molar-refractivity contribution in [3.05, 3.63) is 35.9 Å². The summed E-state index contributed by atoms with van der Waals surface area (Å²) < 4.78 is 14.3. The van der Waals surface area contributed by atoms with Crippen LogP contribution in [0.1, 0.15) is 5.56 Å². The minimum absolute atomic E-state index is 0.180. The van der Waals surface area contributed by atoms with E-state index in [2.05, 4.69) is 4.74 Å². The molecule has 0 atom stereocenters. The van der Waals surface area contributed by atoms with E-state index < -0.39 is 18.5 Å². The van der Waals surface area contributed by atoms with Gasteiger partial charge in [0.25, 0.3) is 0 Å². The second-order valence-corrected chi connectivity index (χ2v) is 3.35. The number of carbonyl (C=O) groups excluding carboxylic acids is 1. The molecule has 0 aromatic heterocycles. The number of hydrogen-bond donors (Lipinski definition) is 1. The number of hydrogen-bond acceptors (Lipinski definition) is 5. The molecule has 0 aliphatic rings. The van der Waals surface area contributed by atoms with Crippen LogP contribution in [-0.4, -0.2) is 37.1 Å². The average molecular weight is 254 g/mol. The Morgan fingerprint density at radius 1 is 1.06 bits per heavy atom. The minimum Gasteiger partial charge on any atom is -0.480 e. The Balaban J connectivity index is 2.06. The lowest BCUT2D eigenvalue weighted by Crippen LogP contribution is -2.16. The van der Waals surface area contributed by atoms with Crippen LogP contribution in [-0.2, 0) is 30.4 Å². The Kier molecular flexibility index (Phi) is 6.45. The van der Waals surface area contributed by atoms with Crippen LogP contribution in [0.25, 0.3) is 0 Å². The van der Waals surface area contributed by atoms with Gasteiger partial charge in [0, 0.05) is 0 Å². The number of esters is 1. The highest BCUT2D eigenvalue weighted by Gasteiger charge is 2.04. The largest absolute Gasteiger partial charge is 0.480 e. The van der Waals surface area contributed by atoms with Crippen molar-refractivity contribution in [2.75, 3.05) is 20.0 Å². The molecule has 0 saturated carbocycles. The summed E-state index contributed by atoms with van der Waals surface area (Å²) in [5, 5.41) is 8.26. The molecular weight excluding hydrogens is 240 g/mol. The predicted octanol–water partition coefficient (Wildman–Crippen LogP) is 0.805. The number of carboxylic acids is 1. The third-order valence-electron chi connectivity index (χ3n) is 1.85. The van der Waals surface area contributed by atoms with E-state index in [1.807, 2.05) is 30.3 Å². The zero-order valence-corrected chi connectivity index (χ0v) is 9.70. The molecule has 0 radical (unpaired) electrons. The van der Waals surface area contributed by atoms with Crippen LogP contribution in [0.15, 0.2) is 30.3 Å². The van der Waals surface area contributed by atoms with E-state index in [-0.39, 0.29) is 20.0 Å². The summed E-state index contributed by atoms with van der Waals surface area (Å²) in [6, 6.07) is 9.24. The van der Waals surface area contributed by atoms with Crippen LogP contribution < -0.4 is 0 Å². The molecule has 1 N–H and O–H groups in total. The lowest BCUT2D eigenvalue weighted by atomic mass is 10.2. The van der Waals surface area contributed by atoms with Gasteiger partial charge in [-0.25, -0.2) is 9.59 Å². The molecule has 0 saturated heterocycles. The second-order valence-electron chi connectivity index (χ2n) is 3.35. The van der Waals surface area contributed by atoms with Crippen LogP contribution in [0.5, 0.6) is 0 Å². The highest BCUT2D eigenvalue weighted by molar-refractivity contribution is 5.70. The molecule has 0 amide bonds. The van der Waals surface area contributed by atoms with Gasteiger partial charge >= 0.3 is 11.9 Å². The lowest BCUT2D eigenvalue weighted by molar-refractivity contribution is -0.159. The van der Waals surface area contributed by atoms with Crippen molar-refractivity contribution < 1.29 is 28.9 Å². The number of ether oxygens (including phenoxy) is 3. The standard InChI is InChI=1S/C12H14O6/c13-11(14)7-16-9-17-8-12(15)18-6-10-4-2-1-3-5-10/h1-5H,6-9H2,(H,13,14). The highest BCUT2D eigenvalue weighted by atomic mass is 16.7. The summed E-state index contributed by atoms with van der Waals surface area (Å²) >= 11 is 0. The SMILES string of the molecule is O=C(O)COCOCC(=O)OCc1ccccc1. The smallest absolute Gasteiger partial charge is 0.332 e. The Morgan fingerprint density at radius 3 is 2.39 bits per heavy atom. The van der Waals surface area contributed by atoms with Crippen LogP contribution >= 0.6 is 0 Å². The van der Waals surface area contributed by atoms with E-state index in [0.29, 0.717) is 0 Å². The fraction of sp³-hybridized carbons (Fsp3) is 0.333. The van der Waals surface area contributed by atoms with Crippen molar-refractivity contribution in [1.82, 2.24) is 0 Å². The summed E-state index contributed by atoms with van der Waals surface area (Å²) in [6.07, 6.45) is 0. The van der Waals surface area contributed by atoms with E-state index in [1.165, 1.54) is 0 Å². The molecule has 0 aliphatic carbocycles. The molecule has 0 unspecified atom stereocenters. The molecule has 1 aromatic rings. The fourth-order valence-electron chi connectivity index (χ4n) is 1.09. The summed E-state index contributed by atoms with van der Waals surface area (Å²) in [7, 11) is 0. The van der Waals surface area contributed by atoms with Crippen molar-refractivity contribution in [3.63, 3.8) is 0 Å². The van der Waals surface area contributed by atoms with Crippen molar-refractivity contribution in [2.24, 2.45) is 0 Å². The first-order valence-corrected chi connectivity index (χ1v) is 5.25. The first-order valence-electron chi connectivity index (χ1n) is 5.25. The van der Waals surface area contributed by atoms with Gasteiger partial charge in [0.2, 0.25) is 0 Å². The topological polar surface area (TPSA) is 82.1 Å². The number of carbonyl (C=O) groups is 2. The quantitative estimate of drug-likeness (QED) is 0.420. The number of benzene rings is 1. The Morgan fingerprint density at radius 2 is 1.72 bits per heavy atom. The first kappa shape index (κ1) is 14.1. The Hall–Kier alpha value is -1.92. The maximum Gasteiger partial charge on any atom is 0.332 e. The van der Waals surface area contributed by atoms with Gasteiger partial charge in [-0.15, -0.1) is 0 Å². The summed E-state index contributed by atoms with van der Waals surface area (Å²) in [6.45, 7) is -0.808. The highest BCUT2D eigenvalue weighted by Crippen LogP contribution is 2.00. The van der Waals surface area contributed by atoms with Crippen molar-refractivity contribution in [1.29, 1.82) is 0 Å². The molecule has 1 aromatic carbocycles. The molecular formula is C12H14O6. The van der Waals surface area contributed by atoms with E-state index >= 15 is 0 Å². The van der Waals surface area contributed by atoms with Gasteiger partial charge in [0.1, 0.15) is 26.6 Å². The maximum atomic E-state index is 11.2. The van der Waals surface area contributed by atoms with E-state index in [9.17, 15) is 9.59 Å². The van der Waals surface area contributed by atoms with Gasteiger partial charge in [-0.2, -0.15) is 0 Å². The monoisotopic (exact) mass is 254 g/mol. The van der Waals surface area contributed by atoms with Crippen molar-refractivity contribution in [2.45, 2.75) is 6.61 Å². The minimum atomic E-state index is -1.09.